The minimum Gasteiger partial charge on any atom is -0.392 e. The molecule has 2 bridgehead atoms. The molecule has 0 amide bonds. The Morgan fingerprint density at radius 3 is 2.48 bits per heavy atom. The van der Waals surface area contributed by atoms with Crippen molar-refractivity contribution in [3.63, 3.8) is 0 Å². The maximum Gasteiger partial charge on any atom is 0.0819 e. The van der Waals surface area contributed by atoms with Gasteiger partial charge in [0.05, 0.1) is 12.2 Å². The van der Waals surface area contributed by atoms with Crippen molar-refractivity contribution in [2.75, 3.05) is 0 Å². The molecule has 3 fully saturated rings. The van der Waals surface area contributed by atoms with E-state index in [2.05, 4.69) is 46.8 Å². The van der Waals surface area contributed by atoms with Gasteiger partial charge in [0.15, 0.2) is 0 Å². The molecular weight excluding hydrogens is 284 g/mol. The average molecular weight is 314 g/mol. The van der Waals surface area contributed by atoms with Gasteiger partial charge in [0.1, 0.15) is 0 Å². The van der Waals surface area contributed by atoms with Crippen molar-refractivity contribution >= 4 is 0 Å². The standard InChI is InChI=1S/C21H30O2/c1-10-6-13-16-14(19(16,4)5)7-12(3)20(18(13)23)8-11(2)15-9-21(15,20)17(10)22/h6,8,12-18,22-23H,7,9H2,1-5H3. The van der Waals surface area contributed by atoms with Gasteiger partial charge in [-0.05, 0) is 61.3 Å². The average Bonchev–Trinajstić information content (AvgIpc) is 3.32. The van der Waals surface area contributed by atoms with Gasteiger partial charge in [-0.15, -0.1) is 0 Å². The van der Waals surface area contributed by atoms with Crippen molar-refractivity contribution in [1.82, 2.24) is 0 Å². The number of hydrogen-bond acceptors (Lipinski definition) is 2. The Balaban J connectivity index is 1.75. The van der Waals surface area contributed by atoms with Crippen LogP contribution in [0.4, 0.5) is 0 Å². The fraction of sp³-hybridized carbons (Fsp3) is 0.810. The number of allylic oxidation sites excluding steroid dienone is 1. The van der Waals surface area contributed by atoms with Crippen molar-refractivity contribution in [2.45, 2.75) is 59.7 Å². The zero-order chi connectivity index (χ0) is 16.5. The van der Waals surface area contributed by atoms with Gasteiger partial charge in [-0.25, -0.2) is 0 Å². The Labute approximate surface area is 139 Å². The summed E-state index contributed by atoms with van der Waals surface area (Å²) in [4.78, 5) is 0. The van der Waals surface area contributed by atoms with Gasteiger partial charge >= 0.3 is 0 Å². The Morgan fingerprint density at radius 2 is 1.83 bits per heavy atom. The molecule has 2 N–H and O–H groups in total. The first-order valence-electron chi connectivity index (χ1n) is 9.43. The Kier molecular flexibility index (Phi) is 2.43. The molecule has 3 saturated carbocycles. The molecule has 126 valence electrons. The predicted octanol–water partition coefficient (Wildman–Crippen LogP) is 3.55. The number of rotatable bonds is 0. The number of fused-ring (bicyclic) bond motifs is 3. The van der Waals surface area contributed by atoms with E-state index in [1.165, 1.54) is 12.0 Å². The van der Waals surface area contributed by atoms with Crippen LogP contribution in [-0.2, 0) is 0 Å². The summed E-state index contributed by atoms with van der Waals surface area (Å²) >= 11 is 0. The summed E-state index contributed by atoms with van der Waals surface area (Å²) in [5.41, 5.74) is 2.52. The van der Waals surface area contributed by atoms with Gasteiger partial charge in [-0.2, -0.15) is 0 Å². The van der Waals surface area contributed by atoms with Gasteiger partial charge in [0.25, 0.3) is 0 Å². The SMILES string of the molecule is CC1=CC2C3C(CC(C)C4(C=C(C)C5CC54C1O)C2O)C3(C)C. The summed E-state index contributed by atoms with van der Waals surface area (Å²) in [6, 6.07) is 0. The number of hydrogen-bond donors (Lipinski definition) is 2. The Morgan fingerprint density at radius 1 is 1.13 bits per heavy atom. The first-order valence-corrected chi connectivity index (χ1v) is 9.43. The van der Waals surface area contributed by atoms with Crippen LogP contribution in [0, 0.1) is 45.8 Å². The van der Waals surface area contributed by atoms with Crippen molar-refractivity contribution in [3.8, 4) is 0 Å². The smallest absolute Gasteiger partial charge is 0.0819 e. The van der Waals surface area contributed by atoms with Crippen LogP contribution in [0.3, 0.4) is 0 Å². The lowest BCUT2D eigenvalue weighted by molar-refractivity contribution is -0.0838. The van der Waals surface area contributed by atoms with Crippen molar-refractivity contribution in [1.29, 1.82) is 0 Å². The first-order chi connectivity index (χ1) is 10.7. The van der Waals surface area contributed by atoms with Crippen LogP contribution in [0.15, 0.2) is 23.3 Å². The highest BCUT2D eigenvalue weighted by Gasteiger charge is 2.80. The monoisotopic (exact) mass is 314 g/mol. The molecular formula is C21H30O2. The molecule has 2 heteroatoms. The highest BCUT2D eigenvalue weighted by atomic mass is 16.3. The van der Waals surface area contributed by atoms with E-state index in [1.54, 1.807) is 0 Å². The first kappa shape index (κ1) is 14.7. The zero-order valence-electron chi connectivity index (χ0n) is 15.0. The van der Waals surface area contributed by atoms with Crippen LogP contribution in [0.25, 0.3) is 0 Å². The molecule has 0 radical (unpaired) electrons. The second-order valence-electron chi connectivity index (χ2n) is 10.0. The molecule has 2 nitrogen and oxygen atoms in total. The third-order valence-corrected chi connectivity index (χ3v) is 9.03. The van der Waals surface area contributed by atoms with Crippen LogP contribution in [0.2, 0.25) is 0 Å². The maximum absolute atomic E-state index is 11.7. The van der Waals surface area contributed by atoms with Crippen molar-refractivity contribution < 1.29 is 10.2 Å². The van der Waals surface area contributed by atoms with Crippen LogP contribution < -0.4 is 0 Å². The normalized spacial score (nSPS) is 61.3. The minimum absolute atomic E-state index is 0.119. The minimum atomic E-state index is -0.387. The lowest BCUT2D eigenvalue weighted by Crippen LogP contribution is -2.51. The summed E-state index contributed by atoms with van der Waals surface area (Å²) in [7, 11) is 0. The van der Waals surface area contributed by atoms with E-state index in [-0.39, 0.29) is 29.0 Å². The molecule has 0 aliphatic heterocycles. The van der Waals surface area contributed by atoms with E-state index in [9.17, 15) is 10.2 Å². The van der Waals surface area contributed by atoms with Gasteiger partial charge in [0.2, 0.25) is 0 Å². The third kappa shape index (κ3) is 1.31. The molecule has 2 spiro atoms. The van der Waals surface area contributed by atoms with E-state index in [4.69, 9.17) is 0 Å². The van der Waals surface area contributed by atoms with Gasteiger partial charge < -0.3 is 10.2 Å². The Hall–Kier alpha value is -0.600. The van der Waals surface area contributed by atoms with Gasteiger partial charge in [-0.3, -0.25) is 0 Å². The fourth-order valence-corrected chi connectivity index (χ4v) is 7.82. The molecule has 0 aromatic heterocycles. The second kappa shape index (κ2) is 3.80. The zero-order valence-corrected chi connectivity index (χ0v) is 15.0. The van der Waals surface area contributed by atoms with Crippen LogP contribution in [0.1, 0.15) is 47.5 Å². The highest BCUT2D eigenvalue weighted by Crippen LogP contribution is 2.81. The van der Waals surface area contributed by atoms with Crippen molar-refractivity contribution in [2.24, 2.45) is 45.8 Å². The molecule has 9 atom stereocenters. The summed E-state index contributed by atoms with van der Waals surface area (Å²) in [6.07, 6.45) is 6.19. The molecule has 5 aliphatic carbocycles. The van der Waals surface area contributed by atoms with E-state index in [0.717, 1.165) is 17.9 Å². The lowest BCUT2D eigenvalue weighted by Gasteiger charge is -2.48. The van der Waals surface area contributed by atoms with Gasteiger partial charge in [-0.1, -0.05) is 38.5 Å². The molecule has 9 unspecified atom stereocenters. The summed E-state index contributed by atoms with van der Waals surface area (Å²) < 4.78 is 0. The van der Waals surface area contributed by atoms with E-state index in [1.807, 2.05) is 0 Å². The quantitative estimate of drug-likeness (QED) is 0.671. The summed E-state index contributed by atoms with van der Waals surface area (Å²) in [6.45, 7) is 11.4. The number of aliphatic hydroxyl groups is 2. The van der Waals surface area contributed by atoms with Crippen LogP contribution >= 0.6 is 0 Å². The van der Waals surface area contributed by atoms with E-state index in [0.29, 0.717) is 23.2 Å². The second-order valence-corrected chi connectivity index (χ2v) is 10.0. The molecule has 0 saturated heterocycles. The summed E-state index contributed by atoms with van der Waals surface area (Å²) in [5, 5.41) is 22.9. The summed E-state index contributed by atoms with van der Waals surface area (Å²) in [5.74, 6) is 2.42. The van der Waals surface area contributed by atoms with E-state index >= 15 is 0 Å². The fourth-order valence-electron chi connectivity index (χ4n) is 7.82. The number of aliphatic hydroxyl groups excluding tert-OH is 2. The molecule has 0 aromatic carbocycles. The molecule has 23 heavy (non-hydrogen) atoms. The largest absolute Gasteiger partial charge is 0.392 e. The van der Waals surface area contributed by atoms with Crippen LogP contribution in [-0.4, -0.2) is 22.4 Å². The molecule has 5 aliphatic rings. The topological polar surface area (TPSA) is 40.5 Å². The van der Waals surface area contributed by atoms with Crippen molar-refractivity contribution in [3.05, 3.63) is 23.3 Å². The predicted molar refractivity (Wildman–Crippen MR) is 90.5 cm³/mol. The lowest BCUT2D eigenvalue weighted by atomic mass is 9.58. The maximum atomic E-state index is 11.7. The van der Waals surface area contributed by atoms with Crippen LogP contribution in [0.5, 0.6) is 0 Å². The Bertz CT molecular complexity index is 659. The van der Waals surface area contributed by atoms with Gasteiger partial charge in [0, 0.05) is 16.7 Å². The molecule has 0 aromatic rings. The molecule has 5 rings (SSSR count). The third-order valence-electron chi connectivity index (χ3n) is 9.03. The highest BCUT2D eigenvalue weighted by molar-refractivity contribution is 5.46. The van der Waals surface area contributed by atoms with E-state index < -0.39 is 0 Å². The molecule has 0 heterocycles.